The summed E-state index contributed by atoms with van der Waals surface area (Å²) in [6.45, 7) is 8.59. The maximum atomic E-state index is 12.7. The maximum absolute atomic E-state index is 12.7. The van der Waals surface area contributed by atoms with Crippen LogP contribution in [0, 0.1) is 12.8 Å². The van der Waals surface area contributed by atoms with Crippen LogP contribution in [0.3, 0.4) is 0 Å². The molecule has 5 heteroatoms. The van der Waals surface area contributed by atoms with Gasteiger partial charge in [-0.25, -0.2) is 4.79 Å². The number of amides is 2. The van der Waals surface area contributed by atoms with E-state index in [0.717, 1.165) is 0 Å². The minimum absolute atomic E-state index is 0.00687. The number of aryl methyl sites for hydroxylation is 1. The Balaban J connectivity index is 2.05. The number of hydrogen-bond acceptors (Lipinski definition) is 3. The smallest absolute Gasteiger partial charge is 0.318 e. The number of nitrogens with zero attached hydrogens (tertiary/aromatic N) is 1. The van der Waals surface area contributed by atoms with Gasteiger partial charge in [0.1, 0.15) is 0 Å². The topological polar surface area (TPSA) is 50.8 Å². The van der Waals surface area contributed by atoms with Gasteiger partial charge >= 0.3 is 6.03 Å². The molecule has 128 valence electrons. The standard InChI is InChI=1S/C18H28N2O3/c1-13(2)17(16-8-6-5-7-14(16)3)19-18(21)20-9-10-23-15(11-20)12-22-4/h5-8,13,15,17H,9-12H2,1-4H3,(H,19,21). The van der Waals surface area contributed by atoms with Crippen molar-refractivity contribution in [2.75, 3.05) is 33.4 Å². The SMILES string of the molecule is COCC1CN(C(=O)NC(c2ccccc2C)C(C)C)CCO1. The summed E-state index contributed by atoms with van der Waals surface area (Å²) in [5.41, 5.74) is 2.38. The van der Waals surface area contributed by atoms with Gasteiger partial charge in [-0.05, 0) is 24.0 Å². The third-order valence-electron chi connectivity index (χ3n) is 4.25. The first-order valence-corrected chi connectivity index (χ1v) is 8.24. The van der Waals surface area contributed by atoms with Crippen LogP contribution in [0.1, 0.15) is 31.0 Å². The highest BCUT2D eigenvalue weighted by Gasteiger charge is 2.27. The summed E-state index contributed by atoms with van der Waals surface area (Å²) in [5, 5.41) is 3.20. The Labute approximate surface area is 139 Å². The molecular formula is C18H28N2O3. The molecule has 0 bridgehead atoms. The lowest BCUT2D eigenvalue weighted by molar-refractivity contribution is -0.0497. The molecule has 0 aromatic heterocycles. The number of morpholine rings is 1. The van der Waals surface area contributed by atoms with E-state index in [1.807, 2.05) is 17.0 Å². The highest BCUT2D eigenvalue weighted by atomic mass is 16.5. The van der Waals surface area contributed by atoms with Gasteiger partial charge in [0, 0.05) is 13.7 Å². The predicted octanol–water partition coefficient (Wildman–Crippen LogP) is 2.75. The molecule has 0 saturated carbocycles. The Kier molecular flexibility index (Phi) is 6.42. The van der Waals surface area contributed by atoms with Gasteiger partial charge < -0.3 is 19.7 Å². The van der Waals surface area contributed by atoms with Gasteiger partial charge in [-0.15, -0.1) is 0 Å². The van der Waals surface area contributed by atoms with Crippen LogP contribution in [0.4, 0.5) is 4.79 Å². The fourth-order valence-corrected chi connectivity index (χ4v) is 2.95. The van der Waals surface area contributed by atoms with E-state index in [0.29, 0.717) is 32.2 Å². The summed E-state index contributed by atoms with van der Waals surface area (Å²) in [7, 11) is 1.65. The van der Waals surface area contributed by atoms with Crippen LogP contribution in [0.2, 0.25) is 0 Å². The van der Waals surface area contributed by atoms with Gasteiger partial charge in [0.15, 0.2) is 0 Å². The fraction of sp³-hybridized carbons (Fsp3) is 0.611. The lowest BCUT2D eigenvalue weighted by atomic mass is 9.93. The quantitative estimate of drug-likeness (QED) is 0.907. The molecule has 2 amide bonds. The summed E-state index contributed by atoms with van der Waals surface area (Å²) in [6.07, 6.45) is -0.0459. The van der Waals surface area contributed by atoms with E-state index in [2.05, 4.69) is 38.2 Å². The van der Waals surface area contributed by atoms with E-state index < -0.39 is 0 Å². The molecule has 0 radical (unpaired) electrons. The summed E-state index contributed by atoms with van der Waals surface area (Å²) in [6, 6.07) is 8.19. The van der Waals surface area contributed by atoms with E-state index >= 15 is 0 Å². The molecule has 5 nitrogen and oxygen atoms in total. The molecule has 1 aliphatic heterocycles. The molecular weight excluding hydrogens is 292 g/mol. The van der Waals surface area contributed by atoms with E-state index in [-0.39, 0.29) is 18.2 Å². The second-order valence-corrected chi connectivity index (χ2v) is 6.42. The lowest BCUT2D eigenvalue weighted by Gasteiger charge is -2.34. The Hall–Kier alpha value is -1.59. The zero-order chi connectivity index (χ0) is 16.8. The van der Waals surface area contributed by atoms with Crippen molar-refractivity contribution in [1.29, 1.82) is 0 Å². The predicted molar refractivity (Wildman–Crippen MR) is 90.5 cm³/mol. The zero-order valence-corrected chi connectivity index (χ0v) is 14.5. The number of benzene rings is 1. The fourth-order valence-electron chi connectivity index (χ4n) is 2.95. The molecule has 1 aliphatic rings. The van der Waals surface area contributed by atoms with Gasteiger partial charge in [-0.2, -0.15) is 0 Å². The molecule has 0 spiro atoms. The first kappa shape index (κ1) is 17.8. The van der Waals surface area contributed by atoms with E-state index in [9.17, 15) is 4.79 Å². The monoisotopic (exact) mass is 320 g/mol. The van der Waals surface area contributed by atoms with Crippen molar-refractivity contribution in [1.82, 2.24) is 10.2 Å². The van der Waals surface area contributed by atoms with Crippen LogP contribution in [0.5, 0.6) is 0 Å². The van der Waals surface area contributed by atoms with E-state index in [1.165, 1.54) is 11.1 Å². The lowest BCUT2D eigenvalue weighted by Crippen LogP contribution is -2.51. The summed E-state index contributed by atoms with van der Waals surface area (Å²) in [5.74, 6) is 0.316. The van der Waals surface area contributed by atoms with Crippen molar-refractivity contribution < 1.29 is 14.3 Å². The number of carbonyl (C=O) groups excluding carboxylic acids is 1. The van der Waals surface area contributed by atoms with Gasteiger partial charge in [0.25, 0.3) is 0 Å². The molecule has 1 aromatic carbocycles. The second-order valence-electron chi connectivity index (χ2n) is 6.42. The number of urea groups is 1. The van der Waals surface area contributed by atoms with Gasteiger partial charge in [-0.1, -0.05) is 38.1 Å². The molecule has 2 rings (SSSR count). The van der Waals surface area contributed by atoms with Crippen LogP contribution in [-0.4, -0.2) is 50.4 Å². The summed E-state index contributed by atoms with van der Waals surface area (Å²) >= 11 is 0. The first-order chi connectivity index (χ1) is 11.0. The second kappa shape index (κ2) is 8.31. The largest absolute Gasteiger partial charge is 0.382 e. The Morgan fingerprint density at radius 2 is 2.17 bits per heavy atom. The molecule has 2 atom stereocenters. The van der Waals surface area contributed by atoms with Crippen molar-refractivity contribution in [2.24, 2.45) is 5.92 Å². The highest BCUT2D eigenvalue weighted by Crippen LogP contribution is 2.25. The van der Waals surface area contributed by atoms with Crippen molar-refractivity contribution in [2.45, 2.75) is 32.9 Å². The third-order valence-corrected chi connectivity index (χ3v) is 4.25. The van der Waals surface area contributed by atoms with Crippen LogP contribution in [0.25, 0.3) is 0 Å². The number of nitrogens with one attached hydrogen (secondary N) is 1. The van der Waals surface area contributed by atoms with Crippen molar-refractivity contribution >= 4 is 6.03 Å². The normalized spacial score (nSPS) is 19.7. The van der Waals surface area contributed by atoms with E-state index in [1.54, 1.807) is 7.11 Å². The van der Waals surface area contributed by atoms with Crippen molar-refractivity contribution in [3.8, 4) is 0 Å². The number of hydrogen-bond donors (Lipinski definition) is 1. The van der Waals surface area contributed by atoms with Crippen LogP contribution in [0.15, 0.2) is 24.3 Å². The molecule has 1 fully saturated rings. The molecule has 2 unspecified atom stereocenters. The third kappa shape index (κ3) is 4.69. The van der Waals surface area contributed by atoms with Gasteiger partial charge in [0.2, 0.25) is 0 Å². The molecule has 0 aliphatic carbocycles. The average Bonchev–Trinajstić information content (AvgIpc) is 2.53. The van der Waals surface area contributed by atoms with Crippen molar-refractivity contribution in [3.63, 3.8) is 0 Å². The Morgan fingerprint density at radius 3 is 2.83 bits per heavy atom. The highest BCUT2D eigenvalue weighted by molar-refractivity contribution is 5.75. The van der Waals surface area contributed by atoms with Crippen LogP contribution >= 0.6 is 0 Å². The molecule has 1 aromatic rings. The minimum Gasteiger partial charge on any atom is -0.382 e. The Bertz CT molecular complexity index is 517. The number of methoxy groups -OCH3 is 1. The first-order valence-electron chi connectivity index (χ1n) is 8.24. The van der Waals surface area contributed by atoms with Gasteiger partial charge in [-0.3, -0.25) is 0 Å². The van der Waals surface area contributed by atoms with Crippen LogP contribution in [-0.2, 0) is 9.47 Å². The molecule has 23 heavy (non-hydrogen) atoms. The summed E-state index contributed by atoms with van der Waals surface area (Å²) < 4.78 is 10.7. The number of rotatable bonds is 5. The number of ether oxygens (including phenoxy) is 2. The molecule has 1 saturated heterocycles. The average molecular weight is 320 g/mol. The minimum atomic E-state index is -0.0459. The van der Waals surface area contributed by atoms with Crippen molar-refractivity contribution in [3.05, 3.63) is 35.4 Å². The summed E-state index contributed by atoms with van der Waals surface area (Å²) in [4.78, 5) is 14.5. The number of carbonyl (C=O) groups is 1. The molecule has 1 heterocycles. The Morgan fingerprint density at radius 1 is 1.43 bits per heavy atom. The zero-order valence-electron chi connectivity index (χ0n) is 14.5. The molecule has 1 N–H and O–H groups in total. The van der Waals surface area contributed by atoms with Gasteiger partial charge in [0.05, 0.1) is 31.9 Å². The van der Waals surface area contributed by atoms with Crippen LogP contribution < -0.4 is 5.32 Å². The van der Waals surface area contributed by atoms with E-state index in [4.69, 9.17) is 9.47 Å². The maximum Gasteiger partial charge on any atom is 0.318 e.